The Labute approximate surface area is 126 Å². The molecule has 0 N–H and O–H groups in total. The highest BCUT2D eigenvalue weighted by Crippen LogP contribution is 2.32. The second kappa shape index (κ2) is 6.41. The second-order valence-electron chi connectivity index (χ2n) is 6.52. The highest BCUT2D eigenvalue weighted by Gasteiger charge is 2.20. The maximum atomic E-state index is 6.15. The van der Waals surface area contributed by atoms with Crippen LogP contribution in [-0.2, 0) is 5.41 Å². The third-order valence-electron chi connectivity index (χ3n) is 3.78. The lowest BCUT2D eigenvalue weighted by Crippen LogP contribution is -2.11. The molecule has 19 heavy (non-hydrogen) atoms. The fourth-order valence-corrected chi connectivity index (χ4v) is 3.79. The van der Waals surface area contributed by atoms with Gasteiger partial charge in [-0.2, -0.15) is 0 Å². The van der Waals surface area contributed by atoms with E-state index in [4.69, 9.17) is 16.6 Å². The zero-order valence-corrected chi connectivity index (χ0v) is 13.8. The predicted octanol–water partition coefficient (Wildman–Crippen LogP) is 5.64. The van der Waals surface area contributed by atoms with E-state index in [1.807, 2.05) is 0 Å². The molecule has 0 aliphatic heterocycles. The predicted molar refractivity (Wildman–Crippen MR) is 86.1 cm³/mol. The van der Waals surface area contributed by atoms with Crippen LogP contribution < -0.4 is 0 Å². The molecule has 1 saturated carbocycles. The lowest BCUT2D eigenvalue weighted by atomic mass is 9.84. The van der Waals surface area contributed by atoms with Crippen LogP contribution in [-0.4, -0.2) is 10.9 Å². The van der Waals surface area contributed by atoms with E-state index in [1.165, 1.54) is 42.7 Å². The first-order valence-electron chi connectivity index (χ1n) is 7.23. The summed E-state index contributed by atoms with van der Waals surface area (Å²) in [6.45, 7) is 6.63. The molecule has 0 amide bonds. The van der Waals surface area contributed by atoms with Gasteiger partial charge in [0.1, 0.15) is 0 Å². The molecule has 1 heterocycles. The minimum absolute atomic E-state index is 0.142. The summed E-state index contributed by atoms with van der Waals surface area (Å²) in [5.41, 5.74) is 2.62. The standard InChI is InChI=1S/C16H24ClNS/c1-16(2,3)15-18-14(11-19-15)9-13(10-17)12-7-5-4-6-8-12/h9,11-12H,4-8,10H2,1-3H3/b13-9-. The normalized spacial score (nSPS) is 18.8. The van der Waals surface area contributed by atoms with Crippen LogP contribution in [0.15, 0.2) is 11.0 Å². The van der Waals surface area contributed by atoms with Gasteiger partial charge in [0, 0.05) is 16.7 Å². The summed E-state index contributed by atoms with van der Waals surface area (Å²) >= 11 is 7.91. The molecular weight excluding hydrogens is 274 g/mol. The van der Waals surface area contributed by atoms with Gasteiger partial charge in [-0.3, -0.25) is 0 Å². The Morgan fingerprint density at radius 3 is 2.58 bits per heavy atom. The topological polar surface area (TPSA) is 12.9 Å². The molecule has 0 spiro atoms. The molecule has 3 heteroatoms. The Morgan fingerprint density at radius 1 is 1.37 bits per heavy atom. The van der Waals surface area contributed by atoms with Crippen molar-refractivity contribution >= 4 is 29.0 Å². The van der Waals surface area contributed by atoms with E-state index in [0.717, 1.165) is 5.69 Å². The van der Waals surface area contributed by atoms with Crippen molar-refractivity contribution in [3.8, 4) is 0 Å². The summed E-state index contributed by atoms with van der Waals surface area (Å²) in [7, 11) is 0. The Balaban J connectivity index is 2.15. The molecule has 1 nitrogen and oxygen atoms in total. The molecule has 2 rings (SSSR count). The van der Waals surface area contributed by atoms with E-state index in [1.54, 1.807) is 11.3 Å². The summed E-state index contributed by atoms with van der Waals surface area (Å²) < 4.78 is 0. The largest absolute Gasteiger partial charge is 0.241 e. The van der Waals surface area contributed by atoms with Crippen LogP contribution in [0.1, 0.15) is 63.6 Å². The number of allylic oxidation sites excluding steroid dienone is 1. The molecule has 106 valence electrons. The average molecular weight is 298 g/mol. The summed E-state index contributed by atoms with van der Waals surface area (Å²) in [5.74, 6) is 1.33. The fourth-order valence-electron chi connectivity index (χ4n) is 2.63. The molecule has 0 aromatic carbocycles. The van der Waals surface area contributed by atoms with Crippen molar-refractivity contribution in [1.29, 1.82) is 0 Å². The van der Waals surface area contributed by atoms with Gasteiger partial charge >= 0.3 is 0 Å². The van der Waals surface area contributed by atoms with Gasteiger partial charge in [0.15, 0.2) is 0 Å². The smallest absolute Gasteiger partial charge is 0.0985 e. The number of halogens is 1. The molecule has 1 aliphatic rings. The quantitative estimate of drug-likeness (QED) is 0.658. The average Bonchev–Trinajstić information content (AvgIpc) is 2.85. The number of aromatic nitrogens is 1. The Hall–Kier alpha value is -0.340. The van der Waals surface area contributed by atoms with Crippen LogP contribution in [0.25, 0.3) is 6.08 Å². The summed E-state index contributed by atoms with van der Waals surface area (Å²) in [5, 5.41) is 3.37. The second-order valence-corrected chi connectivity index (χ2v) is 7.64. The minimum atomic E-state index is 0.142. The third-order valence-corrected chi connectivity index (χ3v) is 5.38. The van der Waals surface area contributed by atoms with E-state index in [-0.39, 0.29) is 5.41 Å². The number of hydrogen-bond acceptors (Lipinski definition) is 2. The zero-order valence-electron chi connectivity index (χ0n) is 12.2. The third kappa shape index (κ3) is 4.06. The first kappa shape index (κ1) is 15.1. The van der Waals surface area contributed by atoms with E-state index in [0.29, 0.717) is 11.8 Å². The fraction of sp³-hybridized carbons (Fsp3) is 0.688. The van der Waals surface area contributed by atoms with Crippen LogP contribution >= 0.6 is 22.9 Å². The summed E-state index contributed by atoms with van der Waals surface area (Å²) in [6.07, 6.45) is 8.92. The van der Waals surface area contributed by atoms with Crippen molar-refractivity contribution in [2.24, 2.45) is 5.92 Å². The number of thiazole rings is 1. The Kier molecular flexibility index (Phi) is 5.08. The molecule has 1 aromatic rings. The van der Waals surface area contributed by atoms with Crippen LogP contribution in [0.4, 0.5) is 0 Å². The molecule has 0 radical (unpaired) electrons. The van der Waals surface area contributed by atoms with Crippen LogP contribution in [0.3, 0.4) is 0 Å². The first-order valence-corrected chi connectivity index (χ1v) is 8.64. The zero-order chi connectivity index (χ0) is 13.9. The minimum Gasteiger partial charge on any atom is -0.241 e. The molecule has 1 fully saturated rings. The summed E-state index contributed by atoms with van der Waals surface area (Å²) in [4.78, 5) is 4.75. The number of hydrogen-bond donors (Lipinski definition) is 0. The van der Waals surface area contributed by atoms with Crippen LogP contribution in [0.5, 0.6) is 0 Å². The maximum Gasteiger partial charge on any atom is 0.0985 e. The van der Waals surface area contributed by atoms with Gasteiger partial charge < -0.3 is 0 Å². The monoisotopic (exact) mass is 297 g/mol. The Morgan fingerprint density at radius 2 is 2.05 bits per heavy atom. The SMILES string of the molecule is CC(C)(C)c1nc(/C=C(/CCl)C2CCCCC2)cs1. The van der Waals surface area contributed by atoms with Crippen molar-refractivity contribution in [2.45, 2.75) is 58.3 Å². The molecular formula is C16H24ClNS. The number of nitrogens with zero attached hydrogens (tertiary/aromatic N) is 1. The Bertz CT molecular complexity index is 436. The maximum absolute atomic E-state index is 6.15. The molecule has 1 aromatic heterocycles. The van der Waals surface area contributed by atoms with E-state index >= 15 is 0 Å². The van der Waals surface area contributed by atoms with Gasteiger partial charge in [-0.15, -0.1) is 22.9 Å². The van der Waals surface area contributed by atoms with Crippen LogP contribution in [0, 0.1) is 5.92 Å². The number of rotatable bonds is 3. The molecule has 1 aliphatic carbocycles. The highest BCUT2D eigenvalue weighted by atomic mass is 35.5. The van der Waals surface area contributed by atoms with E-state index < -0.39 is 0 Å². The molecule has 0 atom stereocenters. The summed E-state index contributed by atoms with van der Waals surface area (Å²) in [6, 6.07) is 0. The molecule has 0 bridgehead atoms. The lowest BCUT2D eigenvalue weighted by molar-refractivity contribution is 0.405. The van der Waals surface area contributed by atoms with Crippen LogP contribution in [0.2, 0.25) is 0 Å². The van der Waals surface area contributed by atoms with E-state index in [2.05, 4.69) is 32.2 Å². The molecule has 0 unspecified atom stereocenters. The van der Waals surface area contributed by atoms with Gasteiger partial charge in [0.2, 0.25) is 0 Å². The van der Waals surface area contributed by atoms with Gasteiger partial charge in [-0.1, -0.05) is 45.6 Å². The van der Waals surface area contributed by atoms with E-state index in [9.17, 15) is 0 Å². The van der Waals surface area contributed by atoms with Gasteiger partial charge in [-0.05, 0) is 24.8 Å². The highest BCUT2D eigenvalue weighted by molar-refractivity contribution is 7.09. The first-order chi connectivity index (χ1) is 9.00. The van der Waals surface area contributed by atoms with Crippen molar-refractivity contribution in [3.05, 3.63) is 21.7 Å². The van der Waals surface area contributed by atoms with Gasteiger partial charge in [-0.25, -0.2) is 4.98 Å². The van der Waals surface area contributed by atoms with Crippen molar-refractivity contribution in [2.75, 3.05) is 5.88 Å². The lowest BCUT2D eigenvalue weighted by Gasteiger charge is -2.23. The van der Waals surface area contributed by atoms with Gasteiger partial charge in [0.25, 0.3) is 0 Å². The van der Waals surface area contributed by atoms with Gasteiger partial charge in [0.05, 0.1) is 10.7 Å². The van der Waals surface area contributed by atoms with Crippen molar-refractivity contribution in [3.63, 3.8) is 0 Å². The number of alkyl halides is 1. The van der Waals surface area contributed by atoms with Crippen molar-refractivity contribution in [1.82, 2.24) is 4.98 Å². The van der Waals surface area contributed by atoms with Crippen molar-refractivity contribution < 1.29 is 0 Å². The molecule has 0 saturated heterocycles.